The lowest BCUT2D eigenvalue weighted by molar-refractivity contribution is 0.102. The smallest absolute Gasteiger partial charge is 0.255 e. The molecule has 1 unspecified atom stereocenters. The fourth-order valence-electron chi connectivity index (χ4n) is 4.00. The molecule has 1 aliphatic rings. The molecule has 162 valence electrons. The number of nitrogens with two attached hydrogens (primary N) is 1. The fraction of sp³-hybridized carbons (Fsp3) is 0.435. The molecule has 0 spiro atoms. The van der Waals surface area contributed by atoms with Crippen molar-refractivity contribution in [3.05, 3.63) is 35.4 Å². The summed E-state index contributed by atoms with van der Waals surface area (Å²) >= 11 is 0. The Bertz CT molecular complexity index is 904. The number of aryl methyl sites for hydroxylation is 1. The Morgan fingerprint density at radius 1 is 1.07 bits per heavy atom. The van der Waals surface area contributed by atoms with Gasteiger partial charge in [0, 0.05) is 23.8 Å². The molecule has 2 aromatic carbocycles. The van der Waals surface area contributed by atoms with Crippen LogP contribution in [0.5, 0.6) is 17.2 Å². The van der Waals surface area contributed by atoms with E-state index in [4.69, 9.17) is 19.9 Å². The summed E-state index contributed by atoms with van der Waals surface area (Å²) in [5.74, 6) is 0.971. The Labute approximate surface area is 178 Å². The van der Waals surface area contributed by atoms with Gasteiger partial charge in [-0.1, -0.05) is 0 Å². The summed E-state index contributed by atoms with van der Waals surface area (Å²) in [6, 6.07) is 7.59. The highest BCUT2D eigenvalue weighted by atomic mass is 16.5. The summed E-state index contributed by atoms with van der Waals surface area (Å²) < 4.78 is 16.0. The topological polar surface area (TPSA) is 86.1 Å². The zero-order valence-electron chi connectivity index (χ0n) is 18.4. The Morgan fingerprint density at radius 2 is 1.73 bits per heavy atom. The van der Waals surface area contributed by atoms with E-state index < -0.39 is 0 Å². The lowest BCUT2D eigenvalue weighted by atomic mass is 10.0. The molecule has 7 heteroatoms. The van der Waals surface area contributed by atoms with E-state index in [0.717, 1.165) is 24.2 Å². The number of hydrogen-bond acceptors (Lipinski definition) is 6. The molecule has 1 atom stereocenters. The first-order valence-corrected chi connectivity index (χ1v) is 10.2. The van der Waals surface area contributed by atoms with Gasteiger partial charge in [-0.3, -0.25) is 4.79 Å². The maximum absolute atomic E-state index is 13.0. The third-order valence-electron chi connectivity index (χ3n) is 5.66. The lowest BCUT2D eigenvalue weighted by Gasteiger charge is -2.36. The first kappa shape index (κ1) is 21.6. The number of anilines is 3. The SMILES string of the molecule is COc1cc(C(=O)Nc2cc(N3CCCCC3C)c(C)cc2N)cc(OC)c1OC. The number of carbonyl (C=O) groups is 1. The second-order valence-electron chi connectivity index (χ2n) is 7.63. The van der Waals surface area contributed by atoms with Gasteiger partial charge in [0.05, 0.1) is 32.7 Å². The van der Waals surface area contributed by atoms with Gasteiger partial charge in [-0.2, -0.15) is 0 Å². The number of ether oxygens (including phenoxy) is 3. The molecule has 2 aromatic rings. The van der Waals surface area contributed by atoms with Crippen LogP contribution < -0.4 is 30.2 Å². The van der Waals surface area contributed by atoms with Crippen LogP contribution in [0.4, 0.5) is 17.1 Å². The van der Waals surface area contributed by atoms with E-state index in [2.05, 4.69) is 24.1 Å². The summed E-state index contributed by atoms with van der Waals surface area (Å²) in [5, 5.41) is 2.95. The standard InChI is InChI=1S/C23H31N3O4/c1-14-10-17(24)18(13-19(14)26-9-7-6-8-15(26)2)25-23(27)16-11-20(28-3)22(30-5)21(12-16)29-4/h10-13,15H,6-9,24H2,1-5H3,(H,25,27). The first-order chi connectivity index (χ1) is 14.4. The van der Waals surface area contributed by atoms with Crippen LogP contribution in [0.2, 0.25) is 0 Å². The summed E-state index contributed by atoms with van der Waals surface area (Å²) in [6.07, 6.45) is 3.58. The molecular formula is C23H31N3O4. The molecule has 1 amide bonds. The lowest BCUT2D eigenvalue weighted by Crippen LogP contribution is -2.37. The van der Waals surface area contributed by atoms with E-state index in [9.17, 15) is 4.79 Å². The molecule has 1 aliphatic heterocycles. The van der Waals surface area contributed by atoms with E-state index in [1.165, 1.54) is 34.2 Å². The summed E-state index contributed by atoms with van der Waals surface area (Å²) in [5.41, 5.74) is 9.95. The highest BCUT2D eigenvalue weighted by Gasteiger charge is 2.22. The predicted molar refractivity (Wildman–Crippen MR) is 120 cm³/mol. The van der Waals surface area contributed by atoms with Crippen molar-refractivity contribution in [2.24, 2.45) is 0 Å². The van der Waals surface area contributed by atoms with Gasteiger partial charge < -0.3 is 30.2 Å². The van der Waals surface area contributed by atoms with Crippen molar-refractivity contribution in [3.63, 3.8) is 0 Å². The molecular weight excluding hydrogens is 382 g/mol. The van der Waals surface area contributed by atoms with Crippen LogP contribution in [0.25, 0.3) is 0 Å². The zero-order chi connectivity index (χ0) is 21.8. The predicted octanol–water partition coefficient (Wildman–Crippen LogP) is 4.23. The number of methoxy groups -OCH3 is 3. The van der Waals surface area contributed by atoms with E-state index >= 15 is 0 Å². The van der Waals surface area contributed by atoms with Gasteiger partial charge in [0.15, 0.2) is 11.5 Å². The van der Waals surface area contributed by atoms with Gasteiger partial charge in [0.2, 0.25) is 5.75 Å². The quantitative estimate of drug-likeness (QED) is 0.689. The fourth-order valence-corrected chi connectivity index (χ4v) is 4.00. The average molecular weight is 414 g/mol. The zero-order valence-corrected chi connectivity index (χ0v) is 18.4. The Kier molecular flexibility index (Phi) is 6.59. The van der Waals surface area contributed by atoms with Crippen LogP contribution >= 0.6 is 0 Å². The molecule has 3 rings (SSSR count). The van der Waals surface area contributed by atoms with Crippen molar-refractivity contribution in [3.8, 4) is 17.2 Å². The summed E-state index contributed by atoms with van der Waals surface area (Å²) in [6.45, 7) is 5.30. The molecule has 0 aliphatic carbocycles. The number of benzene rings is 2. The van der Waals surface area contributed by atoms with E-state index in [1.54, 1.807) is 12.1 Å². The van der Waals surface area contributed by atoms with Crippen molar-refractivity contribution in [1.82, 2.24) is 0 Å². The number of rotatable bonds is 6. The number of nitrogens with zero attached hydrogens (tertiary/aromatic N) is 1. The van der Waals surface area contributed by atoms with Gasteiger partial charge in [0.25, 0.3) is 5.91 Å². The first-order valence-electron chi connectivity index (χ1n) is 10.2. The number of piperidine rings is 1. The van der Waals surface area contributed by atoms with Gasteiger partial charge in [0.1, 0.15) is 0 Å². The van der Waals surface area contributed by atoms with Gasteiger partial charge in [-0.05, 0) is 62.9 Å². The van der Waals surface area contributed by atoms with Crippen molar-refractivity contribution in [2.45, 2.75) is 39.2 Å². The number of amides is 1. The van der Waals surface area contributed by atoms with Crippen LogP contribution in [0.15, 0.2) is 24.3 Å². The number of hydrogen-bond donors (Lipinski definition) is 2. The molecule has 1 saturated heterocycles. The molecule has 30 heavy (non-hydrogen) atoms. The second-order valence-corrected chi connectivity index (χ2v) is 7.63. The minimum Gasteiger partial charge on any atom is -0.493 e. The maximum Gasteiger partial charge on any atom is 0.255 e. The maximum atomic E-state index is 13.0. The molecule has 3 N–H and O–H groups in total. The molecule has 0 aromatic heterocycles. The largest absolute Gasteiger partial charge is 0.493 e. The number of nitrogens with one attached hydrogen (secondary N) is 1. The third-order valence-corrected chi connectivity index (χ3v) is 5.66. The molecule has 1 heterocycles. The average Bonchev–Trinajstić information content (AvgIpc) is 2.75. The van der Waals surface area contributed by atoms with Crippen LogP contribution in [-0.2, 0) is 0 Å². The molecule has 0 radical (unpaired) electrons. The Balaban J connectivity index is 1.92. The molecule has 7 nitrogen and oxygen atoms in total. The van der Waals surface area contributed by atoms with Crippen LogP contribution in [0.1, 0.15) is 42.1 Å². The van der Waals surface area contributed by atoms with Gasteiger partial charge in [-0.25, -0.2) is 0 Å². The number of carbonyl (C=O) groups excluding carboxylic acids is 1. The Hall–Kier alpha value is -3.09. The van der Waals surface area contributed by atoms with Crippen LogP contribution in [-0.4, -0.2) is 39.8 Å². The summed E-state index contributed by atoms with van der Waals surface area (Å²) in [7, 11) is 4.56. The van der Waals surface area contributed by atoms with Crippen molar-refractivity contribution < 1.29 is 19.0 Å². The molecule has 0 saturated carbocycles. The highest BCUT2D eigenvalue weighted by molar-refractivity contribution is 6.07. The van der Waals surface area contributed by atoms with E-state index in [0.29, 0.717) is 40.2 Å². The van der Waals surface area contributed by atoms with Crippen molar-refractivity contribution in [1.29, 1.82) is 0 Å². The Morgan fingerprint density at radius 3 is 2.30 bits per heavy atom. The third kappa shape index (κ3) is 4.25. The van der Waals surface area contributed by atoms with Gasteiger partial charge >= 0.3 is 0 Å². The van der Waals surface area contributed by atoms with Crippen molar-refractivity contribution >= 4 is 23.0 Å². The minimum atomic E-state index is -0.303. The number of nitrogen functional groups attached to an aromatic ring is 1. The van der Waals surface area contributed by atoms with Gasteiger partial charge in [-0.15, -0.1) is 0 Å². The molecule has 0 bridgehead atoms. The summed E-state index contributed by atoms with van der Waals surface area (Å²) in [4.78, 5) is 15.4. The van der Waals surface area contributed by atoms with Crippen LogP contribution in [0, 0.1) is 6.92 Å². The van der Waals surface area contributed by atoms with Crippen LogP contribution in [0.3, 0.4) is 0 Å². The van der Waals surface area contributed by atoms with E-state index in [1.807, 2.05) is 12.1 Å². The minimum absolute atomic E-state index is 0.303. The van der Waals surface area contributed by atoms with Crippen molar-refractivity contribution in [2.75, 3.05) is 43.8 Å². The second kappa shape index (κ2) is 9.15. The monoisotopic (exact) mass is 413 g/mol. The highest BCUT2D eigenvalue weighted by Crippen LogP contribution is 2.39. The molecule has 1 fully saturated rings. The normalized spacial score (nSPS) is 16.2. The van der Waals surface area contributed by atoms with E-state index in [-0.39, 0.29) is 5.91 Å².